The van der Waals surface area contributed by atoms with E-state index < -0.39 is 20.7 Å². The lowest BCUT2D eigenvalue weighted by atomic mass is 10.1. The molecule has 1 atom stereocenters. The molecule has 0 spiro atoms. The molecule has 0 bridgehead atoms. The van der Waals surface area contributed by atoms with Crippen LogP contribution in [0.3, 0.4) is 0 Å². The van der Waals surface area contributed by atoms with Crippen molar-refractivity contribution >= 4 is 20.7 Å². The van der Waals surface area contributed by atoms with Crippen LogP contribution in [0.2, 0.25) is 0 Å². The molecule has 0 heterocycles. The number of carboxylic acid groups (broad SMARTS) is 1. The third-order valence-electron chi connectivity index (χ3n) is 2.09. The summed E-state index contributed by atoms with van der Waals surface area (Å²) < 4.78 is 13.5. The third kappa shape index (κ3) is 10.5. The van der Waals surface area contributed by atoms with Crippen LogP contribution in [0.1, 0.15) is 12.0 Å². The first-order valence-corrected chi connectivity index (χ1v) is 6.87. The van der Waals surface area contributed by atoms with Gasteiger partial charge in [-0.2, -0.15) is 0 Å². The molecule has 1 amide bonds. The van der Waals surface area contributed by atoms with E-state index in [4.69, 9.17) is 14.5 Å². The van der Waals surface area contributed by atoms with Crippen molar-refractivity contribution in [2.75, 3.05) is 14.2 Å². The van der Waals surface area contributed by atoms with E-state index in [2.05, 4.69) is 15.0 Å². The van der Waals surface area contributed by atoms with E-state index in [9.17, 15) is 9.59 Å². The number of hydrogen-bond acceptors (Lipinski definition) is 6. The maximum Gasteiger partial charge on any atom is 0.404 e. The van der Waals surface area contributed by atoms with Gasteiger partial charge >= 0.3 is 20.7 Å². The number of methoxy groups -OCH3 is 1. The lowest BCUT2D eigenvalue weighted by Gasteiger charge is -2.08. The van der Waals surface area contributed by atoms with Gasteiger partial charge in [-0.3, -0.25) is 4.79 Å². The molecule has 0 saturated heterocycles. The molecule has 0 radical (unpaired) electrons. The Labute approximate surface area is 123 Å². The molecule has 4 N–H and O–H groups in total. The zero-order chi connectivity index (χ0) is 16.3. The van der Waals surface area contributed by atoms with Gasteiger partial charge in [0.1, 0.15) is 5.75 Å². The third-order valence-corrected chi connectivity index (χ3v) is 2.77. The van der Waals surface area contributed by atoms with E-state index in [0.717, 1.165) is 5.56 Å². The SMILES string of the molecule is COC(N)=O.COP(O)Oc1ccc(CCC(=O)O)cc1. The first-order valence-electron chi connectivity index (χ1n) is 5.74. The fourth-order valence-corrected chi connectivity index (χ4v) is 1.47. The van der Waals surface area contributed by atoms with Crippen LogP contribution >= 0.6 is 8.60 Å². The topological polar surface area (TPSA) is 128 Å². The normalized spacial score (nSPS) is 10.8. The summed E-state index contributed by atoms with van der Waals surface area (Å²) in [5.74, 6) is -0.326. The Morgan fingerprint density at radius 3 is 2.14 bits per heavy atom. The van der Waals surface area contributed by atoms with Gasteiger partial charge in [0, 0.05) is 13.5 Å². The van der Waals surface area contributed by atoms with Crippen molar-refractivity contribution in [3.05, 3.63) is 29.8 Å². The Hall–Kier alpha value is -1.89. The Kier molecular flexibility index (Phi) is 9.87. The van der Waals surface area contributed by atoms with E-state index in [1.165, 1.54) is 14.2 Å². The van der Waals surface area contributed by atoms with Gasteiger partial charge in [-0.25, -0.2) is 4.79 Å². The Morgan fingerprint density at radius 2 is 1.76 bits per heavy atom. The number of primary amides is 1. The number of aryl methyl sites for hydroxylation is 1. The van der Waals surface area contributed by atoms with Crippen molar-refractivity contribution < 1.29 is 33.4 Å². The lowest BCUT2D eigenvalue weighted by Crippen LogP contribution is -2.08. The van der Waals surface area contributed by atoms with Crippen LogP contribution in [0.15, 0.2) is 24.3 Å². The number of nitrogens with two attached hydrogens (primary N) is 1. The van der Waals surface area contributed by atoms with Crippen molar-refractivity contribution in [2.24, 2.45) is 5.73 Å². The van der Waals surface area contributed by atoms with E-state index in [1.807, 2.05) is 0 Å². The molecule has 0 aliphatic carbocycles. The number of aliphatic carboxylic acids is 1. The van der Waals surface area contributed by atoms with Gasteiger partial charge in [-0.15, -0.1) is 0 Å². The first-order chi connectivity index (χ1) is 9.88. The maximum absolute atomic E-state index is 10.4. The highest BCUT2D eigenvalue weighted by atomic mass is 31.2. The molecular formula is C12H18NO7P. The smallest absolute Gasteiger partial charge is 0.404 e. The predicted molar refractivity (Wildman–Crippen MR) is 75.8 cm³/mol. The van der Waals surface area contributed by atoms with Crippen molar-refractivity contribution in [1.29, 1.82) is 0 Å². The Balaban J connectivity index is 0.000000690. The second-order valence-electron chi connectivity index (χ2n) is 3.57. The molecule has 0 fully saturated rings. The van der Waals surface area contributed by atoms with E-state index >= 15 is 0 Å². The van der Waals surface area contributed by atoms with Crippen LogP contribution in [0.5, 0.6) is 5.75 Å². The second-order valence-corrected chi connectivity index (χ2v) is 4.60. The van der Waals surface area contributed by atoms with Gasteiger partial charge in [-0.05, 0) is 24.1 Å². The van der Waals surface area contributed by atoms with Gasteiger partial charge in [0.25, 0.3) is 0 Å². The second kappa shape index (κ2) is 10.8. The molecule has 0 aromatic heterocycles. The summed E-state index contributed by atoms with van der Waals surface area (Å²) in [6, 6.07) is 6.86. The lowest BCUT2D eigenvalue weighted by molar-refractivity contribution is -0.136. The van der Waals surface area contributed by atoms with Crippen LogP contribution in [0.4, 0.5) is 4.79 Å². The van der Waals surface area contributed by atoms with Crippen molar-refractivity contribution in [3.8, 4) is 5.75 Å². The monoisotopic (exact) mass is 319 g/mol. The van der Waals surface area contributed by atoms with Gasteiger partial charge in [0.2, 0.25) is 0 Å². The Morgan fingerprint density at radius 1 is 1.24 bits per heavy atom. The number of carbonyl (C=O) groups excluding carboxylic acids is 1. The zero-order valence-electron chi connectivity index (χ0n) is 11.7. The molecule has 1 rings (SSSR count). The summed E-state index contributed by atoms with van der Waals surface area (Å²) in [7, 11) is 0.702. The quantitative estimate of drug-likeness (QED) is 0.680. The fourth-order valence-electron chi connectivity index (χ4n) is 1.10. The minimum atomic E-state index is -1.88. The molecule has 1 aromatic rings. The number of ether oxygens (including phenoxy) is 1. The highest BCUT2D eigenvalue weighted by Gasteiger charge is 2.06. The molecule has 9 heteroatoms. The van der Waals surface area contributed by atoms with E-state index in [0.29, 0.717) is 12.2 Å². The minimum absolute atomic E-state index is 0.102. The van der Waals surface area contributed by atoms with Gasteiger partial charge in [0.05, 0.1) is 7.11 Å². The number of carbonyl (C=O) groups is 2. The van der Waals surface area contributed by atoms with Crippen LogP contribution in [0, 0.1) is 0 Å². The summed E-state index contributed by atoms with van der Waals surface area (Å²) in [5, 5.41) is 8.51. The first kappa shape index (κ1) is 19.1. The van der Waals surface area contributed by atoms with Crippen molar-refractivity contribution in [3.63, 3.8) is 0 Å². The summed E-state index contributed by atoms with van der Waals surface area (Å²) in [4.78, 5) is 28.8. The van der Waals surface area contributed by atoms with Crippen LogP contribution in [-0.4, -0.2) is 36.3 Å². The number of rotatable bonds is 6. The van der Waals surface area contributed by atoms with Gasteiger partial charge in [-0.1, -0.05) is 12.1 Å². The highest BCUT2D eigenvalue weighted by Crippen LogP contribution is 2.33. The van der Waals surface area contributed by atoms with Gasteiger partial charge in [0.15, 0.2) is 0 Å². The molecule has 8 nitrogen and oxygen atoms in total. The fraction of sp³-hybridized carbons (Fsp3) is 0.333. The minimum Gasteiger partial charge on any atom is -0.481 e. The van der Waals surface area contributed by atoms with E-state index in [-0.39, 0.29) is 6.42 Å². The zero-order valence-corrected chi connectivity index (χ0v) is 12.6. The molecule has 0 saturated carbocycles. The Bertz CT molecular complexity index is 438. The average molecular weight is 319 g/mol. The van der Waals surface area contributed by atoms with Crippen LogP contribution in [0.25, 0.3) is 0 Å². The number of hydrogen-bond donors (Lipinski definition) is 3. The number of benzene rings is 1. The van der Waals surface area contributed by atoms with Crippen molar-refractivity contribution in [2.45, 2.75) is 12.8 Å². The largest absolute Gasteiger partial charge is 0.481 e. The molecule has 0 aliphatic heterocycles. The maximum atomic E-state index is 10.4. The van der Waals surface area contributed by atoms with Crippen LogP contribution < -0.4 is 10.3 Å². The number of carboxylic acids is 1. The van der Waals surface area contributed by atoms with Gasteiger partial charge < -0.3 is 29.5 Å². The predicted octanol–water partition coefficient (Wildman–Crippen LogP) is 1.66. The van der Waals surface area contributed by atoms with Crippen molar-refractivity contribution in [1.82, 2.24) is 0 Å². The molecule has 21 heavy (non-hydrogen) atoms. The summed E-state index contributed by atoms with van der Waals surface area (Å²) in [6.07, 6.45) is -0.163. The van der Waals surface area contributed by atoms with E-state index in [1.54, 1.807) is 24.3 Å². The molecule has 1 unspecified atom stereocenters. The molecule has 118 valence electrons. The summed E-state index contributed by atoms with van der Waals surface area (Å²) in [6.45, 7) is 0. The summed E-state index contributed by atoms with van der Waals surface area (Å²) >= 11 is 0. The van der Waals surface area contributed by atoms with Crippen LogP contribution in [-0.2, 0) is 20.5 Å². The molecule has 1 aromatic carbocycles. The number of amides is 1. The standard InChI is InChI=1S/C10H13O5P.C2H5NO2/c1-14-16(13)15-9-5-2-8(3-6-9)4-7-10(11)12;1-5-2(3)4/h2-3,5-6,13H,4,7H2,1H3,(H,11,12);1H3,(H2,3,4). The summed E-state index contributed by atoms with van der Waals surface area (Å²) in [5.41, 5.74) is 5.34. The molecule has 0 aliphatic rings. The highest BCUT2D eigenvalue weighted by molar-refractivity contribution is 7.41. The average Bonchev–Trinajstić information content (AvgIpc) is 2.46. The molecular weight excluding hydrogens is 301 g/mol.